The van der Waals surface area contributed by atoms with Crippen molar-refractivity contribution in [2.24, 2.45) is 0 Å². The number of rotatable bonds is 6. The number of benzene rings is 1. The van der Waals surface area contributed by atoms with Crippen molar-refractivity contribution in [3.8, 4) is 0 Å². The summed E-state index contributed by atoms with van der Waals surface area (Å²) in [5.41, 5.74) is 1.35. The van der Waals surface area contributed by atoms with Crippen molar-refractivity contribution in [2.45, 2.75) is 38.8 Å². The maximum absolute atomic E-state index is 12.1. The maximum Gasteiger partial charge on any atom is 0.319 e. The molecule has 0 saturated carbocycles. The molecule has 2 rings (SSSR count). The van der Waals surface area contributed by atoms with Gasteiger partial charge in [-0.05, 0) is 71.1 Å². The van der Waals surface area contributed by atoms with Crippen molar-refractivity contribution in [1.82, 2.24) is 10.2 Å². The predicted octanol–water partition coefficient (Wildman–Crippen LogP) is 2.27. The zero-order valence-electron chi connectivity index (χ0n) is 15.2. The van der Waals surface area contributed by atoms with Crippen molar-refractivity contribution in [3.05, 3.63) is 24.3 Å². The first-order chi connectivity index (χ1) is 12.0. The average molecular weight is 348 g/mol. The number of anilines is 2. The van der Waals surface area contributed by atoms with Crippen LogP contribution >= 0.6 is 0 Å². The van der Waals surface area contributed by atoms with Crippen LogP contribution in [-0.4, -0.2) is 55.7 Å². The van der Waals surface area contributed by atoms with E-state index in [0.29, 0.717) is 18.0 Å². The van der Waals surface area contributed by atoms with E-state index in [9.17, 15) is 9.59 Å². The third-order valence-corrected chi connectivity index (χ3v) is 4.25. The van der Waals surface area contributed by atoms with Gasteiger partial charge in [0.2, 0.25) is 0 Å². The van der Waals surface area contributed by atoms with Crippen molar-refractivity contribution >= 4 is 23.3 Å². The highest BCUT2D eigenvalue weighted by Gasteiger charge is 2.18. The van der Waals surface area contributed by atoms with Crippen LogP contribution in [0, 0.1) is 0 Å². The van der Waals surface area contributed by atoms with Gasteiger partial charge in [-0.15, -0.1) is 0 Å². The van der Waals surface area contributed by atoms with Gasteiger partial charge in [-0.3, -0.25) is 4.79 Å². The zero-order chi connectivity index (χ0) is 18.2. The molecule has 7 nitrogen and oxygen atoms in total. The third-order valence-electron chi connectivity index (χ3n) is 4.25. The number of urea groups is 1. The molecule has 1 aromatic rings. The largest absolute Gasteiger partial charge is 0.369 e. The summed E-state index contributed by atoms with van der Waals surface area (Å²) in [4.78, 5) is 26.2. The Morgan fingerprint density at radius 3 is 2.28 bits per heavy atom. The highest BCUT2D eigenvalue weighted by Crippen LogP contribution is 2.15. The minimum absolute atomic E-state index is 0.192. The summed E-state index contributed by atoms with van der Waals surface area (Å²) in [6.07, 6.45) is 1.43. The second-order valence-corrected chi connectivity index (χ2v) is 6.34. The molecule has 3 N–H and O–H groups in total. The van der Waals surface area contributed by atoms with Gasteiger partial charge in [-0.25, -0.2) is 4.79 Å². The molecule has 0 aliphatic carbocycles. The number of ether oxygens (including phenoxy) is 1. The van der Waals surface area contributed by atoms with Gasteiger partial charge in [0.25, 0.3) is 5.91 Å². The van der Waals surface area contributed by atoms with Crippen LogP contribution in [0.2, 0.25) is 0 Å². The van der Waals surface area contributed by atoms with Crippen LogP contribution in [0.3, 0.4) is 0 Å². The van der Waals surface area contributed by atoms with Crippen molar-refractivity contribution in [3.63, 3.8) is 0 Å². The fourth-order valence-electron chi connectivity index (χ4n) is 2.71. The molecule has 1 fully saturated rings. The van der Waals surface area contributed by atoms with Gasteiger partial charge in [-0.2, -0.15) is 0 Å². The first kappa shape index (κ1) is 19.2. The summed E-state index contributed by atoms with van der Waals surface area (Å²) < 4.78 is 5.25. The van der Waals surface area contributed by atoms with Crippen LogP contribution in [0.15, 0.2) is 24.3 Å². The van der Waals surface area contributed by atoms with Gasteiger partial charge < -0.3 is 25.6 Å². The fourth-order valence-corrected chi connectivity index (χ4v) is 2.71. The van der Waals surface area contributed by atoms with E-state index < -0.39 is 6.10 Å². The predicted molar refractivity (Wildman–Crippen MR) is 98.8 cm³/mol. The van der Waals surface area contributed by atoms with Crippen molar-refractivity contribution in [1.29, 1.82) is 0 Å². The number of carbonyl (C=O) groups is 2. The summed E-state index contributed by atoms with van der Waals surface area (Å²) in [6, 6.07) is 7.04. The second kappa shape index (κ2) is 9.39. The molecule has 0 radical (unpaired) electrons. The molecule has 0 spiro atoms. The van der Waals surface area contributed by atoms with Crippen LogP contribution < -0.4 is 16.0 Å². The lowest BCUT2D eigenvalue weighted by Gasteiger charge is -2.29. The zero-order valence-corrected chi connectivity index (χ0v) is 15.2. The first-order valence-corrected chi connectivity index (χ1v) is 8.76. The molecule has 1 aliphatic rings. The Morgan fingerprint density at radius 1 is 1.16 bits per heavy atom. The minimum atomic E-state index is -0.497. The smallest absolute Gasteiger partial charge is 0.319 e. The van der Waals surface area contributed by atoms with Gasteiger partial charge in [0.05, 0.1) is 0 Å². The molecule has 7 heteroatoms. The second-order valence-electron chi connectivity index (χ2n) is 6.34. The SMILES string of the molecule is CCO[C@@H](C)C(=O)Nc1ccc(NC(=O)NC2CCN(C)CC2)cc1. The molecule has 0 aromatic heterocycles. The average Bonchev–Trinajstić information content (AvgIpc) is 2.59. The molecule has 1 heterocycles. The number of hydrogen-bond acceptors (Lipinski definition) is 4. The molecule has 1 saturated heterocycles. The molecule has 1 aromatic carbocycles. The van der Waals surface area contributed by atoms with Gasteiger partial charge in [0, 0.05) is 24.0 Å². The monoisotopic (exact) mass is 348 g/mol. The molecule has 3 amide bonds. The number of nitrogens with zero attached hydrogens (tertiary/aromatic N) is 1. The van der Waals surface area contributed by atoms with Crippen LogP contribution in [0.4, 0.5) is 16.2 Å². The standard InChI is InChI=1S/C18H28N4O3/c1-4-25-13(2)17(23)19-14-5-7-15(8-6-14)20-18(24)21-16-9-11-22(3)12-10-16/h5-8,13,16H,4,9-12H2,1-3H3,(H,19,23)(H2,20,21,24)/t13-/m0/s1. The van der Waals surface area contributed by atoms with E-state index in [0.717, 1.165) is 25.9 Å². The summed E-state index contributed by atoms with van der Waals surface area (Å²) in [6.45, 7) is 6.05. The van der Waals surface area contributed by atoms with E-state index in [4.69, 9.17) is 4.74 Å². The summed E-state index contributed by atoms with van der Waals surface area (Å²) in [7, 11) is 2.09. The normalized spacial score (nSPS) is 16.9. The summed E-state index contributed by atoms with van der Waals surface area (Å²) >= 11 is 0. The number of nitrogens with one attached hydrogen (secondary N) is 3. The van der Waals surface area contributed by atoms with Crippen molar-refractivity contribution in [2.75, 3.05) is 37.4 Å². The number of amides is 3. The number of hydrogen-bond donors (Lipinski definition) is 3. The fraction of sp³-hybridized carbons (Fsp3) is 0.556. The molecular formula is C18H28N4O3. The van der Waals surface area contributed by atoms with Crippen LogP contribution in [0.1, 0.15) is 26.7 Å². The molecule has 138 valence electrons. The van der Waals surface area contributed by atoms with E-state index >= 15 is 0 Å². The third kappa shape index (κ3) is 6.36. The topological polar surface area (TPSA) is 82.7 Å². The van der Waals surface area contributed by atoms with E-state index in [1.807, 2.05) is 6.92 Å². The Bertz CT molecular complexity index is 568. The van der Waals surface area contributed by atoms with E-state index in [1.54, 1.807) is 31.2 Å². The lowest BCUT2D eigenvalue weighted by molar-refractivity contribution is -0.126. The lowest BCUT2D eigenvalue weighted by atomic mass is 10.1. The molecule has 0 unspecified atom stereocenters. The number of likely N-dealkylation sites (tertiary alicyclic amines) is 1. The quantitative estimate of drug-likeness (QED) is 0.736. The first-order valence-electron chi connectivity index (χ1n) is 8.76. The van der Waals surface area contributed by atoms with E-state index in [1.165, 1.54) is 0 Å². The van der Waals surface area contributed by atoms with Crippen LogP contribution in [0.5, 0.6) is 0 Å². The Labute approximate surface area is 149 Å². The highest BCUT2D eigenvalue weighted by molar-refractivity contribution is 5.94. The Balaban J connectivity index is 1.79. The number of piperidine rings is 1. The lowest BCUT2D eigenvalue weighted by Crippen LogP contribution is -2.44. The Kier molecular flexibility index (Phi) is 7.21. The Hall–Kier alpha value is -2.12. The van der Waals surface area contributed by atoms with Gasteiger partial charge in [-0.1, -0.05) is 0 Å². The van der Waals surface area contributed by atoms with Crippen molar-refractivity contribution < 1.29 is 14.3 Å². The van der Waals surface area contributed by atoms with Gasteiger partial charge >= 0.3 is 6.03 Å². The summed E-state index contributed by atoms with van der Waals surface area (Å²) in [5.74, 6) is -0.192. The minimum Gasteiger partial charge on any atom is -0.369 e. The maximum atomic E-state index is 12.1. The molecule has 0 bridgehead atoms. The van der Waals surface area contributed by atoms with E-state index in [-0.39, 0.29) is 18.0 Å². The van der Waals surface area contributed by atoms with Gasteiger partial charge in [0.1, 0.15) is 6.10 Å². The van der Waals surface area contributed by atoms with Crippen LogP contribution in [-0.2, 0) is 9.53 Å². The molecule has 25 heavy (non-hydrogen) atoms. The highest BCUT2D eigenvalue weighted by atomic mass is 16.5. The number of carbonyl (C=O) groups excluding carboxylic acids is 2. The Morgan fingerprint density at radius 2 is 1.72 bits per heavy atom. The molecule has 1 aliphatic heterocycles. The van der Waals surface area contributed by atoms with E-state index in [2.05, 4.69) is 27.9 Å². The molecule has 1 atom stereocenters. The van der Waals surface area contributed by atoms with Gasteiger partial charge in [0.15, 0.2) is 0 Å². The van der Waals surface area contributed by atoms with Crippen LogP contribution in [0.25, 0.3) is 0 Å². The summed E-state index contributed by atoms with van der Waals surface area (Å²) in [5, 5.41) is 8.60. The molecular weight excluding hydrogens is 320 g/mol.